The molecule has 27 heavy (non-hydrogen) atoms. The van der Waals surface area contributed by atoms with E-state index < -0.39 is 11.8 Å². The van der Waals surface area contributed by atoms with Crippen molar-refractivity contribution in [2.45, 2.75) is 18.9 Å². The zero-order valence-electron chi connectivity index (χ0n) is 14.3. The van der Waals surface area contributed by atoms with Gasteiger partial charge in [0.15, 0.2) is 0 Å². The number of hydrogen-bond donors (Lipinski definition) is 1. The molecule has 2 aromatic rings. The van der Waals surface area contributed by atoms with E-state index >= 15 is 0 Å². The summed E-state index contributed by atoms with van der Waals surface area (Å²) in [4.78, 5) is 42.8. The molecule has 1 saturated heterocycles. The molecule has 0 spiro atoms. The van der Waals surface area contributed by atoms with E-state index in [1.165, 1.54) is 29.3 Å². The van der Waals surface area contributed by atoms with Crippen LogP contribution in [0.2, 0.25) is 5.02 Å². The number of rotatable bonds is 4. The molecule has 1 atom stereocenters. The Morgan fingerprint density at radius 2 is 2.04 bits per heavy atom. The smallest absolute Gasteiger partial charge is 0.261 e. The van der Waals surface area contributed by atoms with Crippen molar-refractivity contribution in [3.05, 3.63) is 58.2 Å². The first-order chi connectivity index (χ1) is 13.0. The summed E-state index contributed by atoms with van der Waals surface area (Å²) in [5, 5.41) is 3.09. The maximum Gasteiger partial charge on any atom is 0.261 e. The molecular formula is C19H16ClN3O4. The summed E-state index contributed by atoms with van der Waals surface area (Å²) in [6, 6.07) is 7.65. The van der Waals surface area contributed by atoms with Crippen molar-refractivity contribution in [3.8, 4) is 0 Å². The van der Waals surface area contributed by atoms with Gasteiger partial charge in [-0.3, -0.25) is 19.3 Å². The van der Waals surface area contributed by atoms with Gasteiger partial charge >= 0.3 is 0 Å². The number of carbonyl (C=O) groups is 3. The third-order valence-corrected chi connectivity index (χ3v) is 4.84. The van der Waals surface area contributed by atoms with Crippen molar-refractivity contribution in [1.82, 2.24) is 9.88 Å². The van der Waals surface area contributed by atoms with E-state index in [9.17, 15) is 14.4 Å². The molecule has 7 nitrogen and oxygen atoms in total. The summed E-state index contributed by atoms with van der Waals surface area (Å²) >= 11 is 5.78. The van der Waals surface area contributed by atoms with Crippen LogP contribution in [-0.2, 0) is 4.74 Å². The fourth-order valence-corrected chi connectivity index (χ4v) is 3.34. The highest BCUT2D eigenvalue weighted by molar-refractivity contribution is 6.30. The SMILES string of the molecule is O=C(Nc1ccc(Cl)cn1)c1ccc2c(c1)C(=O)N(C[C@@H]1CCCO1)C2=O. The lowest BCUT2D eigenvalue weighted by atomic mass is 10.1. The number of halogens is 1. The van der Waals surface area contributed by atoms with Crippen LogP contribution in [0.25, 0.3) is 0 Å². The summed E-state index contributed by atoms with van der Waals surface area (Å²) in [6.45, 7) is 0.888. The Bertz CT molecular complexity index is 923. The second kappa shape index (κ2) is 7.09. The van der Waals surface area contributed by atoms with Crippen LogP contribution in [0.1, 0.15) is 43.9 Å². The van der Waals surface area contributed by atoms with Crippen LogP contribution in [0.4, 0.5) is 5.82 Å². The summed E-state index contributed by atoms with van der Waals surface area (Å²) in [7, 11) is 0. The van der Waals surface area contributed by atoms with Gasteiger partial charge in [0.05, 0.1) is 28.8 Å². The van der Waals surface area contributed by atoms with Crippen LogP contribution in [0, 0.1) is 0 Å². The topological polar surface area (TPSA) is 88.6 Å². The molecule has 1 aromatic carbocycles. The van der Waals surface area contributed by atoms with E-state index in [4.69, 9.17) is 16.3 Å². The van der Waals surface area contributed by atoms with Crippen molar-refractivity contribution < 1.29 is 19.1 Å². The number of carbonyl (C=O) groups excluding carboxylic acids is 3. The van der Waals surface area contributed by atoms with Crippen molar-refractivity contribution in [3.63, 3.8) is 0 Å². The van der Waals surface area contributed by atoms with Gasteiger partial charge in [-0.1, -0.05) is 11.6 Å². The van der Waals surface area contributed by atoms with Crippen LogP contribution in [-0.4, -0.2) is 46.9 Å². The van der Waals surface area contributed by atoms with Gasteiger partial charge in [-0.2, -0.15) is 0 Å². The van der Waals surface area contributed by atoms with E-state index in [2.05, 4.69) is 10.3 Å². The van der Waals surface area contributed by atoms with Gasteiger partial charge in [0.1, 0.15) is 5.82 Å². The zero-order valence-corrected chi connectivity index (χ0v) is 15.0. The van der Waals surface area contributed by atoms with E-state index in [1.54, 1.807) is 12.1 Å². The first-order valence-electron chi connectivity index (χ1n) is 8.57. The Morgan fingerprint density at radius 3 is 2.74 bits per heavy atom. The molecule has 4 rings (SSSR count). The number of aromatic nitrogens is 1. The van der Waals surface area contributed by atoms with Crippen LogP contribution >= 0.6 is 11.6 Å². The maximum absolute atomic E-state index is 12.7. The third-order valence-electron chi connectivity index (χ3n) is 4.61. The largest absolute Gasteiger partial charge is 0.376 e. The lowest BCUT2D eigenvalue weighted by Crippen LogP contribution is -2.36. The monoisotopic (exact) mass is 385 g/mol. The number of ether oxygens (including phenoxy) is 1. The second-order valence-electron chi connectivity index (χ2n) is 6.43. The summed E-state index contributed by atoms with van der Waals surface area (Å²) < 4.78 is 5.52. The van der Waals surface area contributed by atoms with Gasteiger partial charge < -0.3 is 10.1 Å². The average molecular weight is 386 g/mol. The molecule has 2 aliphatic rings. The molecule has 2 aliphatic heterocycles. The van der Waals surface area contributed by atoms with Crippen molar-refractivity contribution >= 4 is 35.1 Å². The third kappa shape index (κ3) is 3.43. The number of amides is 3. The predicted octanol–water partition coefficient (Wildman–Crippen LogP) is 2.76. The standard InChI is InChI=1S/C19H16ClN3O4/c20-12-4-6-16(21-9-12)22-17(24)11-3-5-14-15(8-11)19(26)23(18(14)25)10-13-2-1-7-27-13/h3-6,8-9,13H,1-2,7,10H2,(H,21,22,24)/t13-/m0/s1. The number of imide groups is 1. The number of nitrogens with one attached hydrogen (secondary N) is 1. The molecule has 138 valence electrons. The average Bonchev–Trinajstić information content (AvgIpc) is 3.26. The molecular weight excluding hydrogens is 370 g/mol. The molecule has 3 amide bonds. The van der Waals surface area contributed by atoms with Gasteiger partial charge in [-0.15, -0.1) is 0 Å². The number of hydrogen-bond acceptors (Lipinski definition) is 5. The molecule has 8 heteroatoms. The maximum atomic E-state index is 12.7. The zero-order chi connectivity index (χ0) is 19.0. The Labute approximate surface area is 160 Å². The van der Waals surface area contributed by atoms with E-state index in [0.29, 0.717) is 23.0 Å². The predicted molar refractivity (Wildman–Crippen MR) is 98.0 cm³/mol. The molecule has 0 saturated carbocycles. The lowest BCUT2D eigenvalue weighted by molar-refractivity contribution is 0.0475. The second-order valence-corrected chi connectivity index (χ2v) is 6.87. The molecule has 3 heterocycles. The minimum Gasteiger partial charge on any atom is -0.376 e. The van der Waals surface area contributed by atoms with E-state index in [0.717, 1.165) is 12.8 Å². The van der Waals surface area contributed by atoms with Gasteiger partial charge in [-0.05, 0) is 43.2 Å². The molecule has 0 bridgehead atoms. The Balaban J connectivity index is 1.53. The van der Waals surface area contributed by atoms with E-state index in [1.807, 2.05) is 0 Å². The van der Waals surface area contributed by atoms with Gasteiger partial charge in [0, 0.05) is 18.4 Å². The highest BCUT2D eigenvalue weighted by Gasteiger charge is 2.37. The molecule has 0 unspecified atom stereocenters. The Morgan fingerprint density at radius 1 is 1.22 bits per heavy atom. The van der Waals surface area contributed by atoms with Gasteiger partial charge in [0.25, 0.3) is 17.7 Å². The molecule has 1 aromatic heterocycles. The van der Waals surface area contributed by atoms with Crippen molar-refractivity contribution in [2.24, 2.45) is 0 Å². The quantitative estimate of drug-likeness (QED) is 0.817. The summed E-state index contributed by atoms with van der Waals surface area (Å²) in [5.74, 6) is -0.834. The lowest BCUT2D eigenvalue weighted by Gasteiger charge is -2.17. The first kappa shape index (κ1) is 17.6. The van der Waals surface area contributed by atoms with Crippen LogP contribution in [0.3, 0.4) is 0 Å². The normalized spacial score (nSPS) is 18.7. The van der Waals surface area contributed by atoms with Crippen molar-refractivity contribution in [1.29, 1.82) is 0 Å². The molecule has 1 fully saturated rings. The van der Waals surface area contributed by atoms with Crippen LogP contribution in [0.15, 0.2) is 36.5 Å². The van der Waals surface area contributed by atoms with Gasteiger partial charge in [-0.25, -0.2) is 4.98 Å². The first-order valence-corrected chi connectivity index (χ1v) is 8.95. The minimum atomic E-state index is -0.426. The van der Waals surface area contributed by atoms with Gasteiger partial charge in [0.2, 0.25) is 0 Å². The molecule has 1 N–H and O–H groups in total. The number of fused-ring (bicyclic) bond motifs is 1. The summed E-state index contributed by atoms with van der Waals surface area (Å²) in [6.07, 6.45) is 3.06. The Hall–Kier alpha value is -2.77. The fraction of sp³-hybridized carbons (Fsp3) is 0.263. The minimum absolute atomic E-state index is 0.119. The number of pyridine rings is 1. The number of benzene rings is 1. The van der Waals surface area contributed by atoms with Crippen LogP contribution in [0.5, 0.6) is 0 Å². The molecule has 0 aliphatic carbocycles. The molecule has 0 radical (unpaired) electrons. The number of nitrogens with zero attached hydrogens (tertiary/aromatic N) is 2. The highest BCUT2D eigenvalue weighted by Crippen LogP contribution is 2.26. The fourth-order valence-electron chi connectivity index (χ4n) is 3.23. The summed E-state index contributed by atoms with van der Waals surface area (Å²) in [5.41, 5.74) is 0.805. The van der Waals surface area contributed by atoms with Crippen LogP contribution < -0.4 is 5.32 Å². The van der Waals surface area contributed by atoms with Crippen molar-refractivity contribution in [2.75, 3.05) is 18.5 Å². The highest BCUT2D eigenvalue weighted by atomic mass is 35.5. The number of anilines is 1. The Kier molecular flexibility index (Phi) is 4.63. The van der Waals surface area contributed by atoms with E-state index in [-0.39, 0.29) is 29.7 Å².